The molecule has 0 saturated heterocycles. The highest BCUT2D eigenvalue weighted by molar-refractivity contribution is 7.15. The first-order valence-electron chi connectivity index (χ1n) is 7.30. The number of hydrogen-bond donors (Lipinski definition) is 1. The Labute approximate surface area is 134 Å². The summed E-state index contributed by atoms with van der Waals surface area (Å²) < 4.78 is 5.45. The number of halogens is 1. The van der Waals surface area contributed by atoms with Gasteiger partial charge in [-0.15, -0.1) is 11.3 Å². The average Bonchev–Trinajstić information content (AvgIpc) is 2.91. The van der Waals surface area contributed by atoms with Crippen LogP contribution in [0.15, 0.2) is 18.2 Å². The van der Waals surface area contributed by atoms with E-state index in [0.717, 1.165) is 35.7 Å². The van der Waals surface area contributed by atoms with Crippen molar-refractivity contribution in [2.24, 2.45) is 0 Å². The highest BCUT2D eigenvalue weighted by Gasteiger charge is 2.25. The summed E-state index contributed by atoms with van der Waals surface area (Å²) in [6.45, 7) is 3.10. The lowest BCUT2D eigenvalue weighted by atomic mass is 9.97. The van der Waals surface area contributed by atoms with Gasteiger partial charge in [-0.3, -0.25) is 0 Å². The van der Waals surface area contributed by atoms with Gasteiger partial charge in [0.2, 0.25) is 0 Å². The first-order valence-corrected chi connectivity index (χ1v) is 8.50. The van der Waals surface area contributed by atoms with Crippen molar-refractivity contribution in [2.75, 3.05) is 13.7 Å². The second-order valence-electron chi connectivity index (χ2n) is 5.15. The Morgan fingerprint density at radius 2 is 2.33 bits per heavy atom. The van der Waals surface area contributed by atoms with Crippen LogP contribution in [0.25, 0.3) is 10.6 Å². The van der Waals surface area contributed by atoms with Crippen LogP contribution in [-0.2, 0) is 6.42 Å². The molecular formula is C16H19ClN2OS. The molecule has 112 valence electrons. The van der Waals surface area contributed by atoms with Gasteiger partial charge in [-0.05, 0) is 37.9 Å². The number of aryl methyl sites for hydroxylation is 1. The van der Waals surface area contributed by atoms with Gasteiger partial charge in [0.15, 0.2) is 0 Å². The molecule has 1 atom stereocenters. The fraction of sp³-hybridized carbons (Fsp3) is 0.438. The minimum absolute atomic E-state index is 0.372. The largest absolute Gasteiger partial charge is 0.496 e. The number of methoxy groups -OCH3 is 1. The van der Waals surface area contributed by atoms with Crippen molar-refractivity contribution in [1.29, 1.82) is 0 Å². The van der Waals surface area contributed by atoms with E-state index in [4.69, 9.17) is 21.3 Å². The lowest BCUT2D eigenvalue weighted by molar-refractivity contribution is 0.416. The van der Waals surface area contributed by atoms with Crippen molar-refractivity contribution >= 4 is 22.9 Å². The minimum atomic E-state index is 0.372. The first kappa shape index (κ1) is 14.8. The maximum atomic E-state index is 6.37. The standard InChI is InChI=1S/C16H19ClN2OS/c1-3-18-11-7-5-9-13-15(11)19-16(21-13)14-10(17)6-4-8-12(14)20-2/h4,6,8,11,18H,3,5,7,9H2,1-2H3. The number of ether oxygens (including phenoxy) is 1. The molecule has 21 heavy (non-hydrogen) atoms. The predicted molar refractivity (Wildman–Crippen MR) is 88.5 cm³/mol. The minimum Gasteiger partial charge on any atom is -0.496 e. The summed E-state index contributed by atoms with van der Waals surface area (Å²) in [6, 6.07) is 6.10. The second-order valence-corrected chi connectivity index (χ2v) is 6.64. The molecule has 5 heteroatoms. The number of hydrogen-bond acceptors (Lipinski definition) is 4. The van der Waals surface area contributed by atoms with Crippen LogP contribution in [0.1, 0.15) is 36.4 Å². The van der Waals surface area contributed by atoms with Gasteiger partial charge in [0.25, 0.3) is 0 Å². The quantitative estimate of drug-likeness (QED) is 0.902. The molecule has 3 rings (SSSR count). The number of rotatable bonds is 4. The second kappa shape index (κ2) is 6.34. The Kier molecular flexibility index (Phi) is 4.48. The number of fused-ring (bicyclic) bond motifs is 1. The highest BCUT2D eigenvalue weighted by Crippen LogP contribution is 2.42. The van der Waals surface area contributed by atoms with Gasteiger partial charge in [-0.25, -0.2) is 4.98 Å². The van der Waals surface area contributed by atoms with Crippen LogP contribution in [0.3, 0.4) is 0 Å². The van der Waals surface area contributed by atoms with E-state index in [2.05, 4.69) is 12.2 Å². The van der Waals surface area contributed by atoms with Crippen molar-refractivity contribution < 1.29 is 4.74 Å². The van der Waals surface area contributed by atoms with E-state index in [1.165, 1.54) is 17.0 Å². The van der Waals surface area contributed by atoms with E-state index >= 15 is 0 Å². The maximum Gasteiger partial charge on any atom is 0.130 e. The molecule has 1 aromatic carbocycles. The molecule has 0 saturated carbocycles. The van der Waals surface area contributed by atoms with Gasteiger partial charge in [0.1, 0.15) is 10.8 Å². The molecule has 0 amide bonds. The summed E-state index contributed by atoms with van der Waals surface area (Å²) in [4.78, 5) is 6.26. The van der Waals surface area contributed by atoms with Gasteiger partial charge in [-0.1, -0.05) is 24.6 Å². The van der Waals surface area contributed by atoms with Gasteiger partial charge in [0.05, 0.1) is 29.4 Å². The predicted octanol–water partition coefficient (Wildman–Crippen LogP) is 4.46. The maximum absolute atomic E-state index is 6.37. The first-order chi connectivity index (χ1) is 10.2. The molecule has 0 spiro atoms. The molecule has 1 aliphatic carbocycles. The van der Waals surface area contributed by atoms with Gasteiger partial charge in [0, 0.05) is 4.88 Å². The SMILES string of the molecule is CCNC1CCCc2sc(-c3c(Cl)cccc3OC)nc21. The van der Waals surface area contributed by atoms with E-state index in [9.17, 15) is 0 Å². The molecule has 0 radical (unpaired) electrons. The molecule has 1 heterocycles. The molecular weight excluding hydrogens is 304 g/mol. The number of benzene rings is 1. The normalized spacial score (nSPS) is 17.6. The summed E-state index contributed by atoms with van der Waals surface area (Å²) in [5, 5.41) is 5.19. The Morgan fingerprint density at radius 3 is 3.10 bits per heavy atom. The van der Waals surface area contributed by atoms with Crippen LogP contribution in [0.2, 0.25) is 5.02 Å². The van der Waals surface area contributed by atoms with E-state index in [1.807, 2.05) is 18.2 Å². The zero-order valence-corrected chi connectivity index (χ0v) is 13.9. The summed E-state index contributed by atoms with van der Waals surface area (Å²) >= 11 is 8.12. The van der Waals surface area contributed by atoms with Gasteiger partial charge in [-0.2, -0.15) is 0 Å². The van der Waals surface area contributed by atoms with Crippen molar-refractivity contribution in [3.05, 3.63) is 33.8 Å². The lowest BCUT2D eigenvalue weighted by Crippen LogP contribution is -2.24. The monoisotopic (exact) mass is 322 g/mol. The van der Waals surface area contributed by atoms with Gasteiger partial charge < -0.3 is 10.1 Å². The molecule has 2 aromatic rings. The van der Waals surface area contributed by atoms with E-state index < -0.39 is 0 Å². The van der Waals surface area contributed by atoms with Crippen molar-refractivity contribution in [1.82, 2.24) is 10.3 Å². The molecule has 1 unspecified atom stereocenters. The van der Waals surface area contributed by atoms with Crippen LogP contribution < -0.4 is 10.1 Å². The summed E-state index contributed by atoms with van der Waals surface area (Å²) in [5.41, 5.74) is 2.11. The molecule has 1 N–H and O–H groups in total. The highest BCUT2D eigenvalue weighted by atomic mass is 35.5. The Hall–Kier alpha value is -1.10. The van der Waals surface area contributed by atoms with E-state index in [0.29, 0.717) is 11.1 Å². The zero-order valence-electron chi connectivity index (χ0n) is 12.3. The number of thiazole rings is 1. The van der Waals surface area contributed by atoms with Crippen LogP contribution >= 0.6 is 22.9 Å². The number of nitrogens with zero attached hydrogens (tertiary/aromatic N) is 1. The van der Waals surface area contributed by atoms with Gasteiger partial charge >= 0.3 is 0 Å². The molecule has 0 fully saturated rings. The Bertz CT molecular complexity index is 641. The van der Waals surface area contributed by atoms with Crippen LogP contribution in [-0.4, -0.2) is 18.6 Å². The lowest BCUT2D eigenvalue weighted by Gasteiger charge is -2.21. The summed E-state index contributed by atoms with van der Waals surface area (Å²) in [7, 11) is 1.67. The summed E-state index contributed by atoms with van der Waals surface area (Å²) in [5.74, 6) is 0.786. The van der Waals surface area contributed by atoms with Crippen LogP contribution in [0.4, 0.5) is 0 Å². The van der Waals surface area contributed by atoms with Crippen LogP contribution in [0, 0.1) is 0 Å². The van der Waals surface area contributed by atoms with Crippen molar-refractivity contribution in [3.63, 3.8) is 0 Å². The molecule has 3 nitrogen and oxygen atoms in total. The van der Waals surface area contributed by atoms with Crippen molar-refractivity contribution in [2.45, 2.75) is 32.2 Å². The van der Waals surface area contributed by atoms with E-state index in [-0.39, 0.29) is 0 Å². The third-order valence-corrected chi connectivity index (χ3v) is 5.28. The number of aromatic nitrogens is 1. The zero-order chi connectivity index (χ0) is 14.8. The topological polar surface area (TPSA) is 34.1 Å². The smallest absolute Gasteiger partial charge is 0.130 e. The Balaban J connectivity index is 2.06. The summed E-state index contributed by atoms with van der Waals surface area (Å²) in [6.07, 6.45) is 3.48. The van der Waals surface area contributed by atoms with E-state index in [1.54, 1.807) is 18.4 Å². The fourth-order valence-corrected chi connectivity index (χ4v) is 4.39. The molecule has 0 aliphatic heterocycles. The Morgan fingerprint density at radius 1 is 1.48 bits per heavy atom. The van der Waals surface area contributed by atoms with Crippen LogP contribution in [0.5, 0.6) is 5.75 Å². The molecule has 1 aromatic heterocycles. The van der Waals surface area contributed by atoms with Crippen molar-refractivity contribution in [3.8, 4) is 16.3 Å². The number of nitrogens with one attached hydrogen (secondary N) is 1. The fourth-order valence-electron chi connectivity index (χ4n) is 2.85. The third-order valence-electron chi connectivity index (χ3n) is 3.81. The third kappa shape index (κ3) is 2.80. The molecule has 0 bridgehead atoms. The average molecular weight is 323 g/mol. The molecule has 1 aliphatic rings.